The molecule has 1 fully saturated rings. The molecule has 0 bridgehead atoms. The van der Waals surface area contributed by atoms with Crippen LogP contribution in [0.1, 0.15) is 25.7 Å². The number of piperidine rings is 1. The van der Waals surface area contributed by atoms with E-state index in [1.165, 1.54) is 0 Å². The van der Waals surface area contributed by atoms with Crippen LogP contribution in [-0.2, 0) is 9.59 Å². The van der Waals surface area contributed by atoms with Crippen LogP contribution in [0.5, 0.6) is 5.75 Å². The standard InChI is InChI=1S/C16H23N3O3/c1-22-14-4-2-3-13(11-14)18-15(20)5-6-16(21)19-9-7-12(17)8-10-19/h2-4,11-12H,5-10,17H2,1H3,(H,18,20). The van der Waals surface area contributed by atoms with Crippen molar-refractivity contribution in [1.82, 2.24) is 4.90 Å². The van der Waals surface area contributed by atoms with Gasteiger partial charge in [-0.2, -0.15) is 0 Å². The van der Waals surface area contributed by atoms with Crippen LogP contribution in [0.4, 0.5) is 5.69 Å². The molecule has 6 heteroatoms. The van der Waals surface area contributed by atoms with Gasteiger partial charge >= 0.3 is 0 Å². The maximum Gasteiger partial charge on any atom is 0.224 e. The minimum atomic E-state index is -0.171. The van der Waals surface area contributed by atoms with Crippen LogP contribution in [0.3, 0.4) is 0 Å². The summed E-state index contributed by atoms with van der Waals surface area (Å²) in [5.74, 6) is 0.529. The summed E-state index contributed by atoms with van der Waals surface area (Å²) in [6, 6.07) is 7.33. The van der Waals surface area contributed by atoms with Crippen LogP contribution in [-0.4, -0.2) is 43.0 Å². The zero-order chi connectivity index (χ0) is 15.9. The van der Waals surface area contributed by atoms with E-state index >= 15 is 0 Å². The quantitative estimate of drug-likeness (QED) is 0.860. The second-order valence-electron chi connectivity index (χ2n) is 5.50. The van der Waals surface area contributed by atoms with Gasteiger partial charge in [0, 0.05) is 43.7 Å². The van der Waals surface area contributed by atoms with E-state index in [1.54, 1.807) is 36.3 Å². The second-order valence-corrected chi connectivity index (χ2v) is 5.50. The lowest BCUT2D eigenvalue weighted by Gasteiger charge is -2.30. The first-order chi connectivity index (χ1) is 10.6. The van der Waals surface area contributed by atoms with Crippen molar-refractivity contribution < 1.29 is 14.3 Å². The minimum absolute atomic E-state index is 0.0210. The minimum Gasteiger partial charge on any atom is -0.497 e. The van der Waals surface area contributed by atoms with Gasteiger partial charge in [-0.25, -0.2) is 0 Å². The molecule has 0 spiro atoms. The lowest BCUT2D eigenvalue weighted by atomic mass is 10.1. The molecule has 1 heterocycles. The number of ether oxygens (including phenoxy) is 1. The molecule has 2 rings (SSSR count). The monoisotopic (exact) mass is 305 g/mol. The first-order valence-electron chi connectivity index (χ1n) is 7.55. The Balaban J connectivity index is 1.76. The Morgan fingerprint density at radius 2 is 2.05 bits per heavy atom. The third-order valence-corrected chi connectivity index (χ3v) is 3.81. The Labute approximate surface area is 130 Å². The molecule has 22 heavy (non-hydrogen) atoms. The van der Waals surface area contributed by atoms with Crippen LogP contribution in [0.25, 0.3) is 0 Å². The SMILES string of the molecule is COc1cccc(NC(=O)CCC(=O)N2CCC(N)CC2)c1. The maximum absolute atomic E-state index is 12.0. The van der Waals surface area contributed by atoms with Crippen molar-refractivity contribution in [2.75, 3.05) is 25.5 Å². The van der Waals surface area contributed by atoms with Gasteiger partial charge in [0.1, 0.15) is 5.75 Å². The number of nitrogens with zero attached hydrogens (tertiary/aromatic N) is 1. The molecule has 120 valence electrons. The van der Waals surface area contributed by atoms with Gasteiger partial charge in [0.25, 0.3) is 0 Å². The molecule has 0 aliphatic carbocycles. The fourth-order valence-electron chi connectivity index (χ4n) is 2.45. The molecule has 1 aromatic carbocycles. The van der Waals surface area contributed by atoms with Crippen molar-refractivity contribution in [2.45, 2.75) is 31.7 Å². The lowest BCUT2D eigenvalue weighted by Crippen LogP contribution is -2.43. The number of nitrogens with two attached hydrogens (primary N) is 1. The summed E-state index contributed by atoms with van der Waals surface area (Å²) in [6.45, 7) is 1.38. The van der Waals surface area contributed by atoms with Crippen LogP contribution in [0, 0.1) is 0 Å². The molecular weight excluding hydrogens is 282 g/mol. The van der Waals surface area contributed by atoms with Gasteiger partial charge < -0.3 is 20.7 Å². The molecular formula is C16H23N3O3. The summed E-state index contributed by atoms with van der Waals surface area (Å²) >= 11 is 0. The Morgan fingerprint density at radius 3 is 2.73 bits per heavy atom. The molecule has 6 nitrogen and oxygen atoms in total. The molecule has 1 aromatic rings. The van der Waals surface area contributed by atoms with Crippen molar-refractivity contribution >= 4 is 17.5 Å². The van der Waals surface area contributed by atoms with Crippen LogP contribution < -0.4 is 15.8 Å². The second kappa shape index (κ2) is 7.79. The number of benzene rings is 1. The highest BCUT2D eigenvalue weighted by molar-refractivity contribution is 5.93. The van der Waals surface area contributed by atoms with E-state index in [2.05, 4.69) is 5.32 Å². The molecule has 1 aliphatic rings. The summed E-state index contributed by atoms with van der Waals surface area (Å²) in [6.07, 6.45) is 2.08. The number of methoxy groups -OCH3 is 1. The van der Waals surface area contributed by atoms with Gasteiger partial charge in [0.05, 0.1) is 7.11 Å². The van der Waals surface area contributed by atoms with E-state index in [9.17, 15) is 9.59 Å². The summed E-state index contributed by atoms with van der Waals surface area (Å²) < 4.78 is 5.10. The Morgan fingerprint density at radius 1 is 1.32 bits per heavy atom. The topological polar surface area (TPSA) is 84.7 Å². The fraction of sp³-hybridized carbons (Fsp3) is 0.500. The number of hydrogen-bond acceptors (Lipinski definition) is 4. The Bertz CT molecular complexity index is 525. The number of likely N-dealkylation sites (tertiary alicyclic amines) is 1. The highest BCUT2D eigenvalue weighted by Crippen LogP contribution is 2.17. The number of carbonyl (C=O) groups is 2. The van der Waals surface area contributed by atoms with Gasteiger partial charge in [0.15, 0.2) is 0 Å². The zero-order valence-corrected chi connectivity index (χ0v) is 12.9. The van der Waals surface area contributed by atoms with Gasteiger partial charge in [-0.15, -0.1) is 0 Å². The molecule has 2 amide bonds. The molecule has 0 unspecified atom stereocenters. The summed E-state index contributed by atoms with van der Waals surface area (Å²) in [5.41, 5.74) is 6.48. The van der Waals surface area contributed by atoms with Gasteiger partial charge in [0.2, 0.25) is 11.8 Å². The van der Waals surface area contributed by atoms with Crippen LogP contribution in [0.2, 0.25) is 0 Å². The molecule has 1 aliphatic heterocycles. The van der Waals surface area contributed by atoms with E-state index < -0.39 is 0 Å². The molecule has 0 radical (unpaired) electrons. The number of rotatable bonds is 5. The van der Waals surface area contributed by atoms with E-state index in [1.807, 2.05) is 0 Å². The number of carbonyl (C=O) groups excluding carboxylic acids is 2. The predicted octanol–water partition coefficient (Wildman–Crippen LogP) is 1.36. The van der Waals surface area contributed by atoms with E-state index in [4.69, 9.17) is 10.5 Å². The summed E-state index contributed by atoms with van der Waals surface area (Å²) in [4.78, 5) is 25.7. The fourth-order valence-corrected chi connectivity index (χ4v) is 2.45. The highest BCUT2D eigenvalue weighted by atomic mass is 16.5. The molecule has 0 saturated carbocycles. The average Bonchev–Trinajstić information content (AvgIpc) is 2.53. The summed E-state index contributed by atoms with van der Waals surface area (Å²) in [5, 5.41) is 2.77. The Hall–Kier alpha value is -2.08. The van der Waals surface area contributed by atoms with Crippen molar-refractivity contribution in [3.8, 4) is 5.75 Å². The van der Waals surface area contributed by atoms with Crippen LogP contribution >= 0.6 is 0 Å². The van der Waals surface area contributed by atoms with Gasteiger partial charge in [-0.3, -0.25) is 9.59 Å². The van der Waals surface area contributed by atoms with E-state index in [0.717, 1.165) is 12.8 Å². The molecule has 1 saturated heterocycles. The lowest BCUT2D eigenvalue weighted by molar-refractivity contribution is -0.133. The summed E-state index contributed by atoms with van der Waals surface area (Å²) in [7, 11) is 1.57. The van der Waals surface area contributed by atoms with Crippen molar-refractivity contribution in [2.24, 2.45) is 5.73 Å². The van der Waals surface area contributed by atoms with Crippen LogP contribution in [0.15, 0.2) is 24.3 Å². The molecule has 0 aromatic heterocycles. The van der Waals surface area contributed by atoms with Crippen molar-refractivity contribution in [1.29, 1.82) is 0 Å². The average molecular weight is 305 g/mol. The number of nitrogens with one attached hydrogen (secondary N) is 1. The van der Waals surface area contributed by atoms with Crippen molar-refractivity contribution in [3.05, 3.63) is 24.3 Å². The third kappa shape index (κ3) is 4.73. The molecule has 0 atom stereocenters. The normalized spacial score (nSPS) is 15.5. The Kier molecular flexibility index (Phi) is 5.77. The number of hydrogen-bond donors (Lipinski definition) is 2. The number of anilines is 1. The smallest absolute Gasteiger partial charge is 0.224 e. The first-order valence-corrected chi connectivity index (χ1v) is 7.55. The number of amides is 2. The van der Waals surface area contributed by atoms with Crippen molar-refractivity contribution in [3.63, 3.8) is 0 Å². The molecule has 3 N–H and O–H groups in total. The van der Waals surface area contributed by atoms with E-state index in [-0.39, 0.29) is 30.7 Å². The van der Waals surface area contributed by atoms with E-state index in [0.29, 0.717) is 24.5 Å². The predicted molar refractivity (Wildman–Crippen MR) is 84.6 cm³/mol. The first kappa shape index (κ1) is 16.3. The zero-order valence-electron chi connectivity index (χ0n) is 12.9. The third-order valence-electron chi connectivity index (χ3n) is 3.81. The maximum atomic E-state index is 12.0. The van der Waals surface area contributed by atoms with Gasteiger partial charge in [-0.1, -0.05) is 6.07 Å². The largest absolute Gasteiger partial charge is 0.497 e. The van der Waals surface area contributed by atoms with Gasteiger partial charge in [-0.05, 0) is 25.0 Å². The highest BCUT2D eigenvalue weighted by Gasteiger charge is 2.20.